The van der Waals surface area contributed by atoms with Gasteiger partial charge in [-0.05, 0) is 57.8 Å². The molecule has 0 bridgehead atoms. The van der Waals surface area contributed by atoms with E-state index < -0.39 is 5.60 Å². The number of carbonyl (C=O) groups is 1. The molecule has 1 saturated carbocycles. The fourth-order valence-electron chi connectivity index (χ4n) is 3.96. The number of amides is 1. The molecule has 1 aliphatic heterocycles. The number of carbonyl (C=O) groups excluding carboxylic acids is 1. The van der Waals surface area contributed by atoms with Crippen molar-refractivity contribution in [1.29, 1.82) is 0 Å². The van der Waals surface area contributed by atoms with Crippen molar-refractivity contribution in [2.24, 2.45) is 23.5 Å². The quantitative estimate of drug-likeness (QED) is 0.863. The zero-order valence-electron chi connectivity index (χ0n) is 14.8. The smallest absolute Gasteiger partial charge is 0.410 e. The van der Waals surface area contributed by atoms with E-state index >= 15 is 0 Å². The first-order chi connectivity index (χ1) is 10.3. The third-order valence-corrected chi connectivity index (χ3v) is 5.43. The summed E-state index contributed by atoms with van der Waals surface area (Å²) >= 11 is 0. The molecular weight excluding hydrogens is 276 g/mol. The summed E-state index contributed by atoms with van der Waals surface area (Å²) in [6, 6.07) is 0.241. The average Bonchev–Trinajstić information content (AvgIpc) is 2.95. The molecule has 22 heavy (non-hydrogen) atoms. The second-order valence-corrected chi connectivity index (χ2v) is 8.24. The Bertz CT molecular complexity index is 370. The normalized spacial score (nSPS) is 31.1. The average molecular weight is 310 g/mol. The first-order valence-corrected chi connectivity index (χ1v) is 9.03. The Morgan fingerprint density at radius 3 is 2.36 bits per heavy atom. The van der Waals surface area contributed by atoms with E-state index in [1.165, 1.54) is 32.1 Å². The lowest BCUT2D eigenvalue weighted by molar-refractivity contribution is 0.0283. The van der Waals surface area contributed by atoms with E-state index in [9.17, 15) is 4.79 Å². The van der Waals surface area contributed by atoms with Crippen molar-refractivity contribution in [3.63, 3.8) is 0 Å². The molecule has 2 fully saturated rings. The Kier molecular flexibility index (Phi) is 5.76. The summed E-state index contributed by atoms with van der Waals surface area (Å²) in [5.41, 5.74) is 6.13. The predicted octanol–water partition coefficient (Wildman–Crippen LogP) is 3.79. The van der Waals surface area contributed by atoms with Crippen LogP contribution >= 0.6 is 0 Å². The summed E-state index contributed by atoms with van der Waals surface area (Å²) in [5, 5.41) is 0. The van der Waals surface area contributed by atoms with Gasteiger partial charge in [-0.1, -0.05) is 26.2 Å². The van der Waals surface area contributed by atoms with E-state index in [1.807, 2.05) is 25.7 Å². The molecule has 4 nitrogen and oxygen atoms in total. The first kappa shape index (κ1) is 17.6. The summed E-state index contributed by atoms with van der Waals surface area (Å²) in [6.45, 7) is 9.59. The number of rotatable bonds is 3. The summed E-state index contributed by atoms with van der Waals surface area (Å²) < 4.78 is 5.47. The van der Waals surface area contributed by atoms with Gasteiger partial charge in [0.2, 0.25) is 0 Å². The van der Waals surface area contributed by atoms with E-state index in [1.54, 1.807) is 0 Å². The lowest BCUT2D eigenvalue weighted by Gasteiger charge is -2.34. The minimum Gasteiger partial charge on any atom is -0.444 e. The number of likely N-dealkylation sites (tertiary alicyclic amines) is 1. The van der Waals surface area contributed by atoms with Crippen LogP contribution < -0.4 is 5.73 Å². The topological polar surface area (TPSA) is 55.6 Å². The molecular formula is C18H34N2O2. The molecule has 4 heteroatoms. The minimum absolute atomic E-state index is 0.183. The molecule has 2 atom stereocenters. The lowest BCUT2D eigenvalue weighted by atomic mass is 9.74. The highest BCUT2D eigenvalue weighted by molar-refractivity contribution is 5.68. The van der Waals surface area contributed by atoms with E-state index in [0.29, 0.717) is 11.8 Å². The maximum Gasteiger partial charge on any atom is 0.410 e. The number of hydrogen-bond donors (Lipinski definition) is 1. The van der Waals surface area contributed by atoms with Crippen molar-refractivity contribution < 1.29 is 9.53 Å². The molecule has 2 N–H and O–H groups in total. The number of hydrogen-bond acceptors (Lipinski definition) is 3. The van der Waals surface area contributed by atoms with Gasteiger partial charge in [0, 0.05) is 19.1 Å². The van der Waals surface area contributed by atoms with E-state index in [-0.39, 0.29) is 12.1 Å². The monoisotopic (exact) mass is 310 g/mol. The van der Waals surface area contributed by atoms with Crippen LogP contribution in [0.4, 0.5) is 4.79 Å². The van der Waals surface area contributed by atoms with Crippen LogP contribution in [0, 0.1) is 17.8 Å². The fraction of sp³-hybridized carbons (Fsp3) is 0.944. The van der Waals surface area contributed by atoms with Crippen LogP contribution in [-0.2, 0) is 4.74 Å². The number of nitrogens with two attached hydrogens (primary N) is 1. The van der Waals surface area contributed by atoms with Crippen molar-refractivity contribution in [3.8, 4) is 0 Å². The van der Waals surface area contributed by atoms with Gasteiger partial charge in [-0.15, -0.1) is 0 Å². The van der Waals surface area contributed by atoms with E-state index in [0.717, 1.165) is 25.4 Å². The van der Waals surface area contributed by atoms with Gasteiger partial charge in [-0.25, -0.2) is 4.79 Å². The second-order valence-electron chi connectivity index (χ2n) is 8.24. The molecule has 0 aromatic carbocycles. The Hall–Kier alpha value is -0.770. The van der Waals surface area contributed by atoms with Crippen molar-refractivity contribution in [3.05, 3.63) is 0 Å². The Morgan fingerprint density at radius 2 is 1.82 bits per heavy atom. The second kappa shape index (κ2) is 7.20. The predicted molar refractivity (Wildman–Crippen MR) is 89.6 cm³/mol. The Labute approximate surface area is 135 Å². The molecule has 1 aliphatic carbocycles. The van der Waals surface area contributed by atoms with Gasteiger partial charge < -0.3 is 15.4 Å². The molecule has 0 radical (unpaired) electrons. The van der Waals surface area contributed by atoms with Gasteiger partial charge in [0.05, 0.1) is 0 Å². The molecule has 1 amide bonds. The third-order valence-electron chi connectivity index (χ3n) is 5.43. The Balaban J connectivity index is 1.81. The van der Waals surface area contributed by atoms with Crippen LogP contribution in [-0.4, -0.2) is 35.7 Å². The highest BCUT2D eigenvalue weighted by Crippen LogP contribution is 2.35. The number of nitrogens with zero attached hydrogens (tertiary/aromatic N) is 1. The van der Waals surface area contributed by atoms with Crippen LogP contribution in [0.25, 0.3) is 0 Å². The van der Waals surface area contributed by atoms with Crippen molar-refractivity contribution in [1.82, 2.24) is 4.90 Å². The summed E-state index contributed by atoms with van der Waals surface area (Å²) in [5.74, 6) is 1.99. The molecule has 2 unspecified atom stereocenters. The van der Waals surface area contributed by atoms with Crippen LogP contribution in [0.5, 0.6) is 0 Å². The zero-order valence-corrected chi connectivity index (χ0v) is 14.8. The van der Waals surface area contributed by atoms with Crippen molar-refractivity contribution in [2.45, 2.75) is 77.9 Å². The third kappa shape index (κ3) is 4.61. The number of ether oxygens (including phenoxy) is 1. The van der Waals surface area contributed by atoms with Crippen LogP contribution in [0.2, 0.25) is 0 Å². The summed E-state index contributed by atoms with van der Waals surface area (Å²) in [4.78, 5) is 14.0. The van der Waals surface area contributed by atoms with Gasteiger partial charge in [-0.3, -0.25) is 0 Å². The van der Waals surface area contributed by atoms with Crippen LogP contribution in [0.15, 0.2) is 0 Å². The highest BCUT2D eigenvalue weighted by Gasteiger charge is 2.36. The van der Waals surface area contributed by atoms with Gasteiger partial charge in [0.15, 0.2) is 0 Å². The van der Waals surface area contributed by atoms with Gasteiger partial charge in [0.1, 0.15) is 5.60 Å². The SMILES string of the molecule is CCC1CCC(C(N)C2CCN(C(=O)OC(C)(C)C)C2)CC1. The molecule has 2 aliphatic rings. The first-order valence-electron chi connectivity index (χ1n) is 9.03. The highest BCUT2D eigenvalue weighted by atomic mass is 16.6. The molecule has 2 rings (SSSR count). The largest absolute Gasteiger partial charge is 0.444 e. The van der Waals surface area contributed by atoms with E-state index in [4.69, 9.17) is 10.5 Å². The molecule has 128 valence electrons. The minimum atomic E-state index is -0.421. The van der Waals surface area contributed by atoms with Crippen molar-refractivity contribution >= 4 is 6.09 Å². The zero-order chi connectivity index (χ0) is 16.3. The maximum absolute atomic E-state index is 12.2. The lowest BCUT2D eigenvalue weighted by Crippen LogP contribution is -2.42. The molecule has 1 heterocycles. The molecule has 0 aromatic heterocycles. The van der Waals surface area contributed by atoms with Crippen LogP contribution in [0.1, 0.15) is 66.2 Å². The molecule has 1 saturated heterocycles. The van der Waals surface area contributed by atoms with Gasteiger partial charge in [0.25, 0.3) is 0 Å². The molecule has 0 aromatic rings. The maximum atomic E-state index is 12.2. The van der Waals surface area contributed by atoms with Crippen molar-refractivity contribution in [2.75, 3.05) is 13.1 Å². The summed E-state index contributed by atoms with van der Waals surface area (Å²) in [6.07, 6.45) is 7.34. The molecule has 0 spiro atoms. The fourth-order valence-corrected chi connectivity index (χ4v) is 3.96. The van der Waals surface area contributed by atoms with E-state index in [2.05, 4.69) is 6.92 Å². The van der Waals surface area contributed by atoms with Gasteiger partial charge in [-0.2, -0.15) is 0 Å². The summed E-state index contributed by atoms with van der Waals surface area (Å²) in [7, 11) is 0. The van der Waals surface area contributed by atoms with Crippen LogP contribution in [0.3, 0.4) is 0 Å². The standard InChI is InChI=1S/C18H34N2O2/c1-5-13-6-8-14(9-7-13)16(19)15-10-11-20(12-15)17(21)22-18(2,3)4/h13-16H,5-12,19H2,1-4H3. The van der Waals surface area contributed by atoms with Gasteiger partial charge >= 0.3 is 6.09 Å². The Morgan fingerprint density at radius 1 is 1.18 bits per heavy atom.